The van der Waals surface area contributed by atoms with Gasteiger partial charge in [-0.1, -0.05) is 47.4 Å². The maximum atomic E-state index is 14.0. The van der Waals surface area contributed by atoms with Gasteiger partial charge in [-0.3, -0.25) is 23.7 Å². The molecule has 3 amide bonds. The highest BCUT2D eigenvalue weighted by Crippen LogP contribution is 2.54. The summed E-state index contributed by atoms with van der Waals surface area (Å²) in [4.78, 5) is 55.5. The van der Waals surface area contributed by atoms with Gasteiger partial charge in [0, 0.05) is 16.5 Å². The number of nitrogens with zero attached hydrogens (tertiary/aromatic N) is 2. The number of para-hydroxylation sites is 1. The van der Waals surface area contributed by atoms with E-state index in [0.717, 1.165) is 23.1 Å². The highest BCUT2D eigenvalue weighted by Gasteiger charge is 2.57. The lowest BCUT2D eigenvalue weighted by Crippen LogP contribution is -2.33. The molecule has 9 nitrogen and oxygen atoms in total. The van der Waals surface area contributed by atoms with Gasteiger partial charge in [0.25, 0.3) is 0 Å². The Bertz CT molecular complexity index is 1760. The van der Waals surface area contributed by atoms with Gasteiger partial charge in [0.05, 0.1) is 30.9 Å². The molecular formula is C30H24FN3O6S2. The summed E-state index contributed by atoms with van der Waals surface area (Å²) in [6.07, 6.45) is 0. The van der Waals surface area contributed by atoms with Crippen LogP contribution in [0.3, 0.4) is 0 Å². The number of aromatic nitrogens is 1. The van der Waals surface area contributed by atoms with Crippen molar-refractivity contribution >= 4 is 52.2 Å². The standard InChI is InChI=1S/C30H24FN3O6S2/c1-39-20-13-8-16(14-21(20)40-2)23-24-25(28(37)34(27(24)36)19-6-4-3-5-7-19)41-29-26(23)42-30(38)33(29)15-22(35)32-18-11-9-17(31)10-12-18/h3-14,23-25H,15H2,1-2H3,(H,32,35)/t23-,24?,25?/m1/s1. The van der Waals surface area contributed by atoms with Gasteiger partial charge in [-0.2, -0.15) is 0 Å². The summed E-state index contributed by atoms with van der Waals surface area (Å²) in [6, 6.07) is 19.3. The molecule has 3 heterocycles. The second-order valence-corrected chi connectivity index (χ2v) is 11.8. The third-order valence-corrected chi connectivity index (χ3v) is 9.86. The van der Waals surface area contributed by atoms with Crippen LogP contribution in [0.5, 0.6) is 11.5 Å². The van der Waals surface area contributed by atoms with Crippen LogP contribution in [-0.4, -0.2) is 41.8 Å². The minimum absolute atomic E-state index is 0.324. The van der Waals surface area contributed by atoms with Crippen molar-refractivity contribution in [2.45, 2.75) is 22.7 Å². The number of methoxy groups -OCH3 is 2. The number of benzene rings is 3. The molecule has 2 aliphatic rings. The molecule has 0 bridgehead atoms. The van der Waals surface area contributed by atoms with Gasteiger partial charge >= 0.3 is 4.87 Å². The van der Waals surface area contributed by atoms with Crippen molar-refractivity contribution in [1.82, 2.24) is 4.57 Å². The molecule has 4 aromatic rings. The van der Waals surface area contributed by atoms with E-state index >= 15 is 0 Å². The SMILES string of the molecule is COc1ccc([C@H]2c3sc(=O)n(CC(=O)Nc4ccc(F)cc4)c3SC3C(=O)N(c4ccccc4)C(=O)C32)cc1OC. The number of ether oxygens (including phenoxy) is 2. The number of halogens is 1. The van der Waals surface area contributed by atoms with Gasteiger partial charge in [-0.25, -0.2) is 9.29 Å². The number of rotatable bonds is 7. The van der Waals surface area contributed by atoms with Crippen LogP contribution < -0.4 is 24.6 Å². The van der Waals surface area contributed by atoms with Crippen LogP contribution in [0.4, 0.5) is 15.8 Å². The zero-order valence-electron chi connectivity index (χ0n) is 22.4. The molecule has 0 radical (unpaired) electrons. The average Bonchev–Trinajstić information content (AvgIpc) is 3.44. The molecule has 3 atom stereocenters. The fourth-order valence-electron chi connectivity index (χ4n) is 5.37. The van der Waals surface area contributed by atoms with Crippen molar-refractivity contribution in [2.75, 3.05) is 24.4 Å². The summed E-state index contributed by atoms with van der Waals surface area (Å²) in [5, 5.41) is 2.30. The van der Waals surface area contributed by atoms with E-state index in [-0.39, 0.29) is 12.5 Å². The molecule has 6 rings (SSSR count). The van der Waals surface area contributed by atoms with Gasteiger partial charge in [0.2, 0.25) is 17.7 Å². The molecule has 1 aromatic heterocycles. The van der Waals surface area contributed by atoms with Crippen LogP contribution >= 0.6 is 23.1 Å². The van der Waals surface area contributed by atoms with E-state index in [2.05, 4.69) is 5.32 Å². The number of thioether (sulfide) groups is 1. The number of thiazole rings is 1. The summed E-state index contributed by atoms with van der Waals surface area (Å²) in [5.41, 5.74) is 1.52. The number of amides is 3. The Morgan fingerprint density at radius 2 is 1.64 bits per heavy atom. The van der Waals surface area contributed by atoms with Crippen LogP contribution in [0.25, 0.3) is 0 Å². The van der Waals surface area contributed by atoms with E-state index < -0.39 is 39.6 Å². The Labute approximate surface area is 247 Å². The summed E-state index contributed by atoms with van der Waals surface area (Å²) in [7, 11) is 3.02. The summed E-state index contributed by atoms with van der Waals surface area (Å²) in [5.74, 6) is -2.21. The number of carbonyl (C=O) groups excluding carboxylic acids is 3. The van der Waals surface area contributed by atoms with Crippen LogP contribution in [-0.2, 0) is 20.9 Å². The number of anilines is 2. The number of nitrogens with one attached hydrogen (secondary N) is 1. The zero-order chi connectivity index (χ0) is 29.5. The van der Waals surface area contributed by atoms with Crippen LogP contribution in [0.15, 0.2) is 82.6 Å². The Kier molecular flexibility index (Phi) is 7.33. The fourth-order valence-corrected chi connectivity index (χ4v) is 8.14. The largest absolute Gasteiger partial charge is 0.493 e. The molecule has 42 heavy (non-hydrogen) atoms. The van der Waals surface area contributed by atoms with Crippen molar-refractivity contribution in [1.29, 1.82) is 0 Å². The predicted octanol–water partition coefficient (Wildman–Crippen LogP) is 4.50. The monoisotopic (exact) mass is 605 g/mol. The topological polar surface area (TPSA) is 107 Å². The first-order valence-electron chi connectivity index (χ1n) is 12.9. The van der Waals surface area contributed by atoms with Gasteiger partial charge in [0.1, 0.15) is 17.6 Å². The molecule has 214 valence electrons. The van der Waals surface area contributed by atoms with Crippen LogP contribution in [0.1, 0.15) is 16.4 Å². The van der Waals surface area contributed by atoms with E-state index in [1.54, 1.807) is 48.5 Å². The van der Waals surface area contributed by atoms with Crippen LogP contribution in [0, 0.1) is 11.7 Å². The predicted molar refractivity (Wildman–Crippen MR) is 157 cm³/mol. The van der Waals surface area contributed by atoms with Gasteiger partial charge < -0.3 is 14.8 Å². The molecule has 1 saturated heterocycles. The second kappa shape index (κ2) is 11.1. The Morgan fingerprint density at radius 3 is 2.33 bits per heavy atom. The normalized spacial score (nSPS) is 19.3. The van der Waals surface area contributed by atoms with Gasteiger partial charge in [0.15, 0.2) is 11.5 Å². The van der Waals surface area contributed by atoms with Crippen LogP contribution in [0.2, 0.25) is 0 Å². The summed E-state index contributed by atoms with van der Waals surface area (Å²) in [6.45, 7) is -0.324. The van der Waals surface area contributed by atoms with E-state index in [4.69, 9.17) is 9.47 Å². The Hall–Kier alpha value is -4.42. The Balaban J connectivity index is 1.43. The van der Waals surface area contributed by atoms with Gasteiger partial charge in [-0.15, -0.1) is 0 Å². The first kappa shape index (κ1) is 27.7. The summed E-state index contributed by atoms with van der Waals surface area (Å²) < 4.78 is 25.6. The van der Waals surface area contributed by atoms with E-state index in [9.17, 15) is 23.6 Å². The van der Waals surface area contributed by atoms with Crippen molar-refractivity contribution in [2.24, 2.45) is 5.92 Å². The smallest absolute Gasteiger partial charge is 0.308 e. The molecule has 3 aromatic carbocycles. The first-order chi connectivity index (χ1) is 20.3. The van der Waals surface area contributed by atoms with Crippen molar-refractivity contribution in [3.8, 4) is 11.5 Å². The molecule has 1 N–H and O–H groups in total. The minimum atomic E-state index is -0.830. The lowest BCUT2D eigenvalue weighted by molar-refractivity contribution is -0.122. The lowest BCUT2D eigenvalue weighted by atomic mass is 9.83. The van der Waals surface area contributed by atoms with Crippen molar-refractivity contribution in [3.05, 3.63) is 98.7 Å². The number of imide groups is 1. The highest BCUT2D eigenvalue weighted by molar-refractivity contribution is 8.00. The third kappa shape index (κ3) is 4.76. The molecule has 0 spiro atoms. The molecular weight excluding hydrogens is 581 g/mol. The lowest BCUT2D eigenvalue weighted by Gasteiger charge is -2.31. The quantitative estimate of drug-likeness (QED) is 0.309. The van der Waals surface area contributed by atoms with Crippen molar-refractivity contribution < 1.29 is 28.2 Å². The van der Waals surface area contributed by atoms with E-state index in [1.807, 2.05) is 0 Å². The number of hydrogen-bond acceptors (Lipinski definition) is 8. The molecule has 0 saturated carbocycles. The molecule has 2 unspecified atom stereocenters. The Morgan fingerprint density at radius 1 is 0.929 bits per heavy atom. The number of hydrogen-bond donors (Lipinski definition) is 1. The second-order valence-electron chi connectivity index (χ2n) is 9.68. The van der Waals surface area contributed by atoms with Crippen molar-refractivity contribution in [3.63, 3.8) is 0 Å². The fraction of sp³-hybridized carbons (Fsp3) is 0.200. The van der Waals surface area contributed by atoms with E-state index in [0.29, 0.717) is 38.3 Å². The average molecular weight is 606 g/mol. The number of carbonyl (C=O) groups is 3. The molecule has 1 fully saturated rings. The van der Waals surface area contributed by atoms with Gasteiger partial charge in [-0.05, 0) is 54.1 Å². The zero-order valence-corrected chi connectivity index (χ0v) is 24.0. The maximum Gasteiger partial charge on any atom is 0.308 e. The summed E-state index contributed by atoms with van der Waals surface area (Å²) >= 11 is 2.07. The highest BCUT2D eigenvalue weighted by atomic mass is 32.2. The van der Waals surface area contributed by atoms with E-state index in [1.165, 1.54) is 48.0 Å². The first-order valence-corrected chi connectivity index (χ1v) is 14.6. The molecule has 12 heteroatoms. The third-order valence-electron chi connectivity index (χ3n) is 7.26. The molecule has 0 aliphatic carbocycles. The molecule has 2 aliphatic heterocycles. The maximum absolute atomic E-state index is 14.0. The number of fused-ring (bicyclic) bond motifs is 2. The minimum Gasteiger partial charge on any atom is -0.493 e.